The summed E-state index contributed by atoms with van der Waals surface area (Å²) in [7, 11) is 1.30. The summed E-state index contributed by atoms with van der Waals surface area (Å²) in [5, 5.41) is 2.77. The van der Waals surface area contributed by atoms with Gasteiger partial charge in [0.25, 0.3) is 5.91 Å². The molecule has 0 bridgehead atoms. The van der Waals surface area contributed by atoms with Crippen LogP contribution in [0.4, 0.5) is 0 Å². The Balaban J connectivity index is 1.81. The number of methoxy groups -OCH3 is 1. The van der Waals surface area contributed by atoms with Crippen LogP contribution in [-0.4, -0.2) is 35.0 Å². The van der Waals surface area contributed by atoms with Crippen LogP contribution >= 0.6 is 0 Å². The molecular formula is C19H19N3O3. The van der Waals surface area contributed by atoms with Gasteiger partial charge in [-0.15, -0.1) is 6.42 Å². The molecule has 2 N–H and O–H groups in total. The van der Waals surface area contributed by atoms with Gasteiger partial charge in [-0.2, -0.15) is 0 Å². The van der Waals surface area contributed by atoms with Gasteiger partial charge in [-0.1, -0.05) is 5.92 Å². The maximum Gasteiger partial charge on any atom is 0.328 e. The van der Waals surface area contributed by atoms with E-state index in [0.29, 0.717) is 11.5 Å². The third-order valence-electron chi connectivity index (χ3n) is 4.25. The molecule has 1 fully saturated rings. The number of benzene rings is 1. The predicted molar refractivity (Wildman–Crippen MR) is 91.9 cm³/mol. The Morgan fingerprint density at radius 3 is 2.88 bits per heavy atom. The van der Waals surface area contributed by atoms with E-state index < -0.39 is 12.0 Å². The Morgan fingerprint density at radius 1 is 1.48 bits per heavy atom. The fraction of sp³-hybridized carbons (Fsp3) is 0.316. The van der Waals surface area contributed by atoms with Crippen LogP contribution < -0.4 is 5.32 Å². The molecule has 0 saturated heterocycles. The maximum absolute atomic E-state index is 12.8. The number of hydrogen-bond donors (Lipinski definition) is 2. The molecule has 1 atom stereocenters. The molecule has 2 aromatic rings. The van der Waals surface area contributed by atoms with Crippen molar-refractivity contribution in [2.45, 2.75) is 31.2 Å². The number of rotatable bonds is 6. The number of nitrogens with zero attached hydrogens (tertiary/aromatic N) is 1. The van der Waals surface area contributed by atoms with Gasteiger partial charge >= 0.3 is 5.97 Å². The van der Waals surface area contributed by atoms with Crippen LogP contribution in [-0.2, 0) is 16.0 Å². The van der Waals surface area contributed by atoms with E-state index in [1.165, 1.54) is 13.4 Å². The molecule has 1 heterocycles. The minimum atomic E-state index is -0.794. The largest absolute Gasteiger partial charge is 0.467 e. The summed E-state index contributed by atoms with van der Waals surface area (Å²) in [5.74, 6) is 2.15. The fourth-order valence-electron chi connectivity index (χ4n) is 2.78. The molecule has 128 valence electrons. The maximum atomic E-state index is 12.8. The lowest BCUT2D eigenvalue weighted by Gasteiger charge is -2.17. The van der Waals surface area contributed by atoms with Crippen LogP contribution in [0.15, 0.2) is 30.7 Å². The lowest BCUT2D eigenvalue weighted by molar-refractivity contribution is -0.142. The number of imidazole rings is 1. The number of carbonyl (C=O) groups excluding carboxylic acids is 2. The molecule has 0 unspecified atom stereocenters. The topological polar surface area (TPSA) is 84.1 Å². The number of H-pyrrole nitrogens is 1. The van der Waals surface area contributed by atoms with Crippen LogP contribution in [0.1, 0.15) is 45.9 Å². The molecule has 0 spiro atoms. The van der Waals surface area contributed by atoms with E-state index >= 15 is 0 Å². The van der Waals surface area contributed by atoms with Gasteiger partial charge in [0, 0.05) is 29.4 Å². The first kappa shape index (κ1) is 16.8. The van der Waals surface area contributed by atoms with E-state index in [2.05, 4.69) is 21.2 Å². The van der Waals surface area contributed by atoms with Crippen molar-refractivity contribution in [3.05, 3.63) is 53.1 Å². The number of terminal acetylenes is 1. The van der Waals surface area contributed by atoms with Gasteiger partial charge in [0.2, 0.25) is 0 Å². The SMILES string of the molecule is C#Cc1ccc(C(=O)N[C@H](Cc2cnc[nH]2)C(=O)OC)c(C2CC2)c1. The molecule has 25 heavy (non-hydrogen) atoms. The highest BCUT2D eigenvalue weighted by atomic mass is 16.5. The molecule has 6 heteroatoms. The summed E-state index contributed by atoms with van der Waals surface area (Å²) < 4.78 is 4.81. The summed E-state index contributed by atoms with van der Waals surface area (Å²) in [6, 6.07) is 4.55. The molecule has 1 aromatic heterocycles. The van der Waals surface area contributed by atoms with Crippen LogP contribution in [0.5, 0.6) is 0 Å². The monoisotopic (exact) mass is 337 g/mol. The zero-order valence-electron chi connectivity index (χ0n) is 13.9. The molecule has 1 aliphatic rings. The normalized spacial score (nSPS) is 14.4. The Kier molecular flexibility index (Phi) is 4.85. The van der Waals surface area contributed by atoms with E-state index in [1.807, 2.05) is 6.07 Å². The fourth-order valence-corrected chi connectivity index (χ4v) is 2.78. The quantitative estimate of drug-likeness (QED) is 0.622. The summed E-state index contributed by atoms with van der Waals surface area (Å²) in [4.78, 5) is 31.6. The zero-order valence-corrected chi connectivity index (χ0v) is 13.9. The highest BCUT2D eigenvalue weighted by molar-refractivity contribution is 5.98. The van der Waals surface area contributed by atoms with Crippen molar-refractivity contribution in [2.24, 2.45) is 0 Å². The van der Waals surface area contributed by atoms with E-state index in [4.69, 9.17) is 11.2 Å². The molecule has 0 aliphatic heterocycles. The van der Waals surface area contributed by atoms with E-state index in [1.54, 1.807) is 18.3 Å². The smallest absolute Gasteiger partial charge is 0.328 e. The van der Waals surface area contributed by atoms with Crippen LogP contribution in [0.3, 0.4) is 0 Å². The summed E-state index contributed by atoms with van der Waals surface area (Å²) in [5.41, 5.74) is 2.99. The lowest BCUT2D eigenvalue weighted by Crippen LogP contribution is -2.43. The molecular weight excluding hydrogens is 318 g/mol. The first-order valence-electron chi connectivity index (χ1n) is 8.09. The number of hydrogen-bond acceptors (Lipinski definition) is 4. The van der Waals surface area contributed by atoms with Crippen molar-refractivity contribution in [1.82, 2.24) is 15.3 Å². The standard InChI is InChI=1S/C19H19N3O3/c1-3-12-4-7-15(16(8-12)13-5-6-13)18(23)22-17(19(24)25-2)9-14-10-20-11-21-14/h1,4,7-8,10-11,13,17H,5-6,9H2,2H3,(H,20,21)(H,22,23)/t17-/m1/s1. The zero-order chi connectivity index (χ0) is 17.8. The highest BCUT2D eigenvalue weighted by Gasteiger charge is 2.30. The van der Waals surface area contributed by atoms with Crippen molar-refractivity contribution in [1.29, 1.82) is 0 Å². The number of aromatic nitrogens is 2. The van der Waals surface area contributed by atoms with Crippen LogP contribution in [0, 0.1) is 12.3 Å². The average molecular weight is 337 g/mol. The van der Waals surface area contributed by atoms with Gasteiger partial charge in [-0.25, -0.2) is 9.78 Å². The summed E-state index contributed by atoms with van der Waals surface area (Å²) in [6.45, 7) is 0. The number of nitrogens with one attached hydrogen (secondary N) is 2. The average Bonchev–Trinajstić information content (AvgIpc) is 3.36. The number of esters is 1. The molecule has 0 radical (unpaired) electrons. The predicted octanol–water partition coefficient (Wildman–Crippen LogP) is 1.78. The van der Waals surface area contributed by atoms with Crippen molar-refractivity contribution < 1.29 is 14.3 Å². The van der Waals surface area contributed by atoms with Gasteiger partial charge in [0.1, 0.15) is 6.04 Å². The second-order valence-corrected chi connectivity index (χ2v) is 6.05. The Labute approximate surface area is 146 Å². The van der Waals surface area contributed by atoms with E-state index in [-0.39, 0.29) is 12.3 Å². The number of amides is 1. The van der Waals surface area contributed by atoms with Crippen molar-refractivity contribution in [3.8, 4) is 12.3 Å². The Hall–Kier alpha value is -3.07. The number of aromatic amines is 1. The first-order chi connectivity index (χ1) is 12.1. The minimum absolute atomic E-state index is 0.277. The van der Waals surface area contributed by atoms with Crippen molar-refractivity contribution in [2.75, 3.05) is 7.11 Å². The Morgan fingerprint density at radius 2 is 2.28 bits per heavy atom. The van der Waals surface area contributed by atoms with Gasteiger partial charge in [-0.3, -0.25) is 4.79 Å². The number of carbonyl (C=O) groups is 2. The third kappa shape index (κ3) is 3.89. The summed E-state index contributed by atoms with van der Waals surface area (Å²) >= 11 is 0. The van der Waals surface area contributed by atoms with Crippen LogP contribution in [0.25, 0.3) is 0 Å². The lowest BCUT2D eigenvalue weighted by atomic mass is 9.99. The van der Waals surface area contributed by atoms with E-state index in [0.717, 1.165) is 29.7 Å². The van der Waals surface area contributed by atoms with Crippen LogP contribution in [0.2, 0.25) is 0 Å². The number of ether oxygens (including phenoxy) is 1. The van der Waals surface area contributed by atoms with Gasteiger partial charge in [0.05, 0.1) is 13.4 Å². The minimum Gasteiger partial charge on any atom is -0.467 e. The summed E-state index contributed by atoms with van der Waals surface area (Å²) in [6.07, 6.45) is 11.0. The molecule has 6 nitrogen and oxygen atoms in total. The third-order valence-corrected chi connectivity index (χ3v) is 4.25. The second kappa shape index (κ2) is 7.22. The molecule has 1 amide bonds. The molecule has 1 saturated carbocycles. The Bertz CT molecular complexity index is 817. The first-order valence-corrected chi connectivity index (χ1v) is 8.09. The highest BCUT2D eigenvalue weighted by Crippen LogP contribution is 2.42. The second-order valence-electron chi connectivity index (χ2n) is 6.05. The molecule has 3 rings (SSSR count). The van der Waals surface area contributed by atoms with Gasteiger partial charge in [0.15, 0.2) is 0 Å². The van der Waals surface area contributed by atoms with Crippen molar-refractivity contribution >= 4 is 11.9 Å². The molecule has 1 aliphatic carbocycles. The van der Waals surface area contributed by atoms with Crippen molar-refractivity contribution in [3.63, 3.8) is 0 Å². The van der Waals surface area contributed by atoms with E-state index in [9.17, 15) is 9.59 Å². The molecule has 1 aromatic carbocycles. The van der Waals surface area contributed by atoms with Gasteiger partial charge < -0.3 is 15.0 Å². The van der Waals surface area contributed by atoms with Gasteiger partial charge in [-0.05, 0) is 42.5 Å².